The first-order valence-electron chi connectivity index (χ1n) is 10.8. The summed E-state index contributed by atoms with van der Waals surface area (Å²) in [6.07, 6.45) is 1.31. The highest BCUT2D eigenvalue weighted by Gasteiger charge is 2.37. The van der Waals surface area contributed by atoms with Gasteiger partial charge in [-0.2, -0.15) is 0 Å². The van der Waals surface area contributed by atoms with Crippen LogP contribution < -0.4 is 20.3 Å². The monoisotopic (exact) mass is 557 g/mol. The first kappa shape index (κ1) is 26.2. The van der Waals surface area contributed by atoms with Gasteiger partial charge in [0.25, 0.3) is 17.7 Å². The lowest BCUT2D eigenvalue weighted by molar-refractivity contribution is -0.122. The van der Waals surface area contributed by atoms with Crippen molar-refractivity contribution in [2.24, 2.45) is 0 Å². The van der Waals surface area contributed by atoms with Gasteiger partial charge in [0.15, 0.2) is 6.61 Å². The number of nitrogens with one attached hydrogen (secondary N) is 2. The second kappa shape index (κ2) is 11.0. The molecule has 188 valence electrons. The Morgan fingerprint density at radius 3 is 2.38 bits per heavy atom. The van der Waals surface area contributed by atoms with Crippen LogP contribution in [-0.2, 0) is 14.4 Å². The molecular weight excluding hydrogens is 541 g/mol. The fourth-order valence-electron chi connectivity index (χ4n) is 3.46. The first-order valence-corrected chi connectivity index (χ1v) is 11.9. The molecule has 8 nitrogen and oxygen atoms in total. The van der Waals surface area contributed by atoms with E-state index in [2.05, 4.69) is 10.6 Å². The average Bonchev–Trinajstić information content (AvgIpc) is 2.84. The number of carbonyl (C=O) groups is 4. The Hall–Kier alpha value is -3.85. The number of halogens is 3. The Morgan fingerprint density at radius 2 is 1.68 bits per heavy atom. The zero-order valence-corrected chi connectivity index (χ0v) is 21.4. The van der Waals surface area contributed by atoms with Crippen molar-refractivity contribution >= 4 is 76.0 Å². The Morgan fingerprint density at radius 1 is 0.973 bits per heavy atom. The van der Waals surface area contributed by atoms with Crippen LogP contribution in [0.4, 0.5) is 16.2 Å². The highest BCUT2D eigenvalue weighted by molar-refractivity contribution is 6.40. The zero-order valence-electron chi connectivity index (χ0n) is 19.2. The molecule has 3 aromatic carbocycles. The molecule has 4 rings (SSSR count). The summed E-state index contributed by atoms with van der Waals surface area (Å²) in [5.74, 6) is -1.84. The van der Waals surface area contributed by atoms with Crippen molar-refractivity contribution in [3.63, 3.8) is 0 Å². The number of carbonyl (C=O) groups excluding carboxylic acids is 4. The zero-order chi connectivity index (χ0) is 26.7. The second-order valence-corrected chi connectivity index (χ2v) is 9.20. The highest BCUT2D eigenvalue weighted by atomic mass is 35.5. The molecule has 0 aromatic heterocycles. The van der Waals surface area contributed by atoms with Gasteiger partial charge in [-0.3, -0.25) is 19.7 Å². The van der Waals surface area contributed by atoms with Crippen LogP contribution >= 0.6 is 34.8 Å². The van der Waals surface area contributed by atoms with Gasteiger partial charge in [0.1, 0.15) is 11.3 Å². The number of nitrogens with zero attached hydrogens (tertiary/aromatic N) is 1. The van der Waals surface area contributed by atoms with Gasteiger partial charge in [-0.05, 0) is 72.7 Å². The number of urea groups is 1. The molecule has 1 aliphatic rings. The number of imide groups is 2. The molecule has 0 saturated carbocycles. The van der Waals surface area contributed by atoms with E-state index in [0.29, 0.717) is 26.9 Å². The summed E-state index contributed by atoms with van der Waals surface area (Å²) in [6.45, 7) is 1.40. The Balaban J connectivity index is 1.49. The number of aryl methyl sites for hydroxylation is 1. The van der Waals surface area contributed by atoms with Gasteiger partial charge in [0.2, 0.25) is 0 Å². The number of barbiturate groups is 1. The summed E-state index contributed by atoms with van der Waals surface area (Å²) in [5.41, 5.74) is 1.56. The van der Waals surface area contributed by atoms with Crippen molar-refractivity contribution in [1.82, 2.24) is 5.32 Å². The predicted molar refractivity (Wildman–Crippen MR) is 142 cm³/mol. The molecule has 0 unspecified atom stereocenters. The molecule has 0 bridgehead atoms. The molecule has 1 saturated heterocycles. The van der Waals surface area contributed by atoms with E-state index in [9.17, 15) is 19.2 Å². The number of anilines is 2. The largest absolute Gasteiger partial charge is 0.482 e. The molecule has 2 N–H and O–H groups in total. The Bertz CT molecular complexity index is 1450. The fourth-order valence-corrected chi connectivity index (χ4v) is 4.00. The molecule has 0 aliphatic carbocycles. The lowest BCUT2D eigenvalue weighted by atomic mass is 10.1. The summed E-state index contributed by atoms with van der Waals surface area (Å²) < 4.78 is 5.49. The summed E-state index contributed by atoms with van der Waals surface area (Å²) in [6, 6.07) is 15.0. The van der Waals surface area contributed by atoms with Gasteiger partial charge in [0, 0.05) is 15.7 Å². The van der Waals surface area contributed by atoms with E-state index < -0.39 is 23.8 Å². The predicted octanol–water partition coefficient (Wildman–Crippen LogP) is 5.64. The van der Waals surface area contributed by atoms with E-state index in [0.717, 1.165) is 4.90 Å². The third-order valence-corrected chi connectivity index (χ3v) is 6.05. The van der Waals surface area contributed by atoms with Gasteiger partial charge in [0.05, 0.1) is 10.7 Å². The number of hydrogen-bond acceptors (Lipinski definition) is 5. The number of benzene rings is 3. The lowest BCUT2D eigenvalue weighted by Gasteiger charge is -2.27. The summed E-state index contributed by atoms with van der Waals surface area (Å²) in [7, 11) is 0. The van der Waals surface area contributed by atoms with Gasteiger partial charge in [-0.15, -0.1) is 0 Å². The lowest BCUT2D eigenvalue weighted by Crippen LogP contribution is -2.54. The molecule has 11 heteroatoms. The van der Waals surface area contributed by atoms with Crippen LogP contribution in [0.1, 0.15) is 11.1 Å². The van der Waals surface area contributed by atoms with E-state index in [1.54, 1.807) is 49.4 Å². The number of amides is 5. The maximum atomic E-state index is 13.1. The molecule has 0 radical (unpaired) electrons. The van der Waals surface area contributed by atoms with E-state index in [4.69, 9.17) is 39.5 Å². The van der Waals surface area contributed by atoms with Gasteiger partial charge >= 0.3 is 6.03 Å². The summed E-state index contributed by atoms with van der Waals surface area (Å²) in [4.78, 5) is 51.1. The maximum absolute atomic E-state index is 13.1. The van der Waals surface area contributed by atoms with E-state index >= 15 is 0 Å². The fraction of sp³-hybridized carbons (Fsp3) is 0.0769. The SMILES string of the molecule is Cc1ccc(Cl)cc1N1C(=O)NC(=O)/C(=C\c2ccc(OCC(=O)Nc3ccc(Cl)cc3)c(Cl)c2)C1=O. The van der Waals surface area contributed by atoms with Crippen molar-refractivity contribution in [2.75, 3.05) is 16.8 Å². The molecule has 37 heavy (non-hydrogen) atoms. The van der Waals surface area contributed by atoms with Gasteiger partial charge in [-0.25, -0.2) is 9.69 Å². The molecule has 3 aromatic rings. The Labute approximate surface area is 226 Å². The van der Waals surface area contributed by atoms with Crippen LogP contribution in [0.15, 0.2) is 66.2 Å². The molecule has 0 spiro atoms. The Kier molecular flexibility index (Phi) is 7.83. The summed E-state index contributed by atoms with van der Waals surface area (Å²) in [5, 5.41) is 5.85. The maximum Gasteiger partial charge on any atom is 0.335 e. The second-order valence-electron chi connectivity index (χ2n) is 7.92. The van der Waals surface area contributed by atoms with Crippen molar-refractivity contribution in [3.8, 4) is 5.75 Å². The highest BCUT2D eigenvalue weighted by Crippen LogP contribution is 2.30. The third-order valence-electron chi connectivity index (χ3n) is 5.27. The normalized spacial score (nSPS) is 14.5. The minimum absolute atomic E-state index is 0.149. The molecule has 5 amide bonds. The average molecular weight is 559 g/mol. The summed E-state index contributed by atoms with van der Waals surface area (Å²) >= 11 is 18.2. The standard InChI is InChI=1S/C26H18Cl3N3O5/c1-14-2-4-17(28)12-21(14)32-25(35)19(24(34)31-26(32)36)10-15-3-9-22(20(29)11-15)37-13-23(33)30-18-7-5-16(27)6-8-18/h2-12H,13H2,1H3,(H,30,33)(H,31,34,36)/b19-10+. The van der Waals surface area contributed by atoms with E-state index in [-0.39, 0.29) is 28.6 Å². The van der Waals surface area contributed by atoms with Crippen LogP contribution in [0.3, 0.4) is 0 Å². The van der Waals surface area contributed by atoms with E-state index in [1.807, 2.05) is 0 Å². The smallest absolute Gasteiger partial charge is 0.335 e. The third kappa shape index (κ3) is 6.11. The van der Waals surface area contributed by atoms with Crippen molar-refractivity contribution < 1.29 is 23.9 Å². The molecule has 1 fully saturated rings. The number of hydrogen-bond donors (Lipinski definition) is 2. The van der Waals surface area contributed by atoms with E-state index in [1.165, 1.54) is 24.3 Å². The van der Waals surface area contributed by atoms with Crippen LogP contribution in [0.5, 0.6) is 5.75 Å². The van der Waals surface area contributed by atoms with Crippen molar-refractivity contribution in [1.29, 1.82) is 0 Å². The first-order chi connectivity index (χ1) is 17.6. The van der Waals surface area contributed by atoms with Gasteiger partial charge < -0.3 is 10.1 Å². The number of rotatable bonds is 6. The van der Waals surface area contributed by atoms with Crippen molar-refractivity contribution in [3.05, 3.63) is 92.4 Å². The van der Waals surface area contributed by atoms with Gasteiger partial charge in [-0.1, -0.05) is 46.9 Å². The topological polar surface area (TPSA) is 105 Å². The minimum Gasteiger partial charge on any atom is -0.482 e. The molecule has 1 aliphatic heterocycles. The molecule has 0 atom stereocenters. The van der Waals surface area contributed by atoms with Crippen LogP contribution in [0.2, 0.25) is 15.1 Å². The number of ether oxygens (including phenoxy) is 1. The van der Waals surface area contributed by atoms with Crippen LogP contribution in [0.25, 0.3) is 6.08 Å². The molecule has 1 heterocycles. The van der Waals surface area contributed by atoms with Crippen molar-refractivity contribution in [2.45, 2.75) is 6.92 Å². The van der Waals surface area contributed by atoms with Crippen LogP contribution in [0, 0.1) is 6.92 Å². The van der Waals surface area contributed by atoms with Crippen LogP contribution in [-0.4, -0.2) is 30.4 Å². The minimum atomic E-state index is -0.879. The molecular formula is C26H18Cl3N3O5. The quantitative estimate of drug-likeness (QED) is 0.301.